The molecule has 0 unspecified atom stereocenters. The third-order valence-corrected chi connectivity index (χ3v) is 4.57. The van der Waals surface area contributed by atoms with Gasteiger partial charge in [0, 0.05) is 5.39 Å². The summed E-state index contributed by atoms with van der Waals surface area (Å²) in [4.78, 5) is 0.338. The molecule has 18 heavy (non-hydrogen) atoms. The molecule has 0 fully saturated rings. The van der Waals surface area contributed by atoms with Crippen molar-refractivity contribution in [3.05, 3.63) is 42.0 Å². The van der Waals surface area contributed by atoms with Crippen molar-refractivity contribution in [3.63, 3.8) is 0 Å². The first kappa shape index (κ1) is 13.1. The molecule has 1 N–H and O–H groups in total. The third-order valence-electron chi connectivity index (χ3n) is 3.10. The smallest absolute Gasteiger partial charge is 0.214 e. The van der Waals surface area contributed by atoms with E-state index in [0.29, 0.717) is 10.8 Å². The van der Waals surface area contributed by atoms with Crippen LogP contribution in [-0.4, -0.2) is 15.5 Å². The molecule has 0 radical (unpaired) electrons. The molecule has 4 heteroatoms. The first-order chi connectivity index (χ1) is 8.47. The van der Waals surface area contributed by atoms with E-state index in [1.54, 1.807) is 12.1 Å². The Kier molecular flexibility index (Phi) is 3.41. The highest BCUT2D eigenvalue weighted by Gasteiger charge is 2.16. The van der Waals surface area contributed by atoms with Gasteiger partial charge in [0.15, 0.2) is 0 Å². The fourth-order valence-corrected chi connectivity index (χ4v) is 3.10. The lowest BCUT2D eigenvalue weighted by Gasteiger charge is -2.12. The Hall–Kier alpha value is -1.39. The van der Waals surface area contributed by atoms with Crippen LogP contribution in [0.25, 0.3) is 10.8 Å². The zero-order valence-electron chi connectivity index (χ0n) is 10.8. The molecule has 3 nitrogen and oxygen atoms in total. The molecule has 0 atom stereocenters. The van der Waals surface area contributed by atoms with Crippen LogP contribution in [0, 0.1) is 0 Å². The molecule has 0 aliphatic rings. The van der Waals surface area contributed by atoms with Crippen molar-refractivity contribution >= 4 is 20.8 Å². The number of fused-ring (bicyclic) bond motifs is 1. The Balaban J connectivity index is 2.84. The molecule has 2 rings (SSSR count). The van der Waals surface area contributed by atoms with Crippen LogP contribution in [-0.2, 0) is 10.0 Å². The summed E-state index contributed by atoms with van der Waals surface area (Å²) >= 11 is 0. The minimum Gasteiger partial charge on any atom is -0.214 e. The highest BCUT2D eigenvalue weighted by Crippen LogP contribution is 2.29. The van der Waals surface area contributed by atoms with Crippen molar-refractivity contribution in [2.45, 2.75) is 24.7 Å². The molecule has 96 valence electrons. The Bertz CT molecular complexity index is 675. The van der Waals surface area contributed by atoms with E-state index in [1.165, 1.54) is 12.6 Å². The van der Waals surface area contributed by atoms with Gasteiger partial charge in [0.25, 0.3) is 0 Å². The normalized spacial score (nSPS) is 12.2. The number of benzene rings is 2. The quantitative estimate of drug-likeness (QED) is 0.925. The first-order valence-electron chi connectivity index (χ1n) is 5.92. The number of hydrogen-bond acceptors (Lipinski definition) is 2. The van der Waals surface area contributed by atoms with Crippen molar-refractivity contribution < 1.29 is 8.42 Å². The fourth-order valence-electron chi connectivity index (χ4n) is 2.15. The topological polar surface area (TPSA) is 46.2 Å². The summed E-state index contributed by atoms with van der Waals surface area (Å²) < 4.78 is 26.3. The Morgan fingerprint density at radius 1 is 1.00 bits per heavy atom. The zero-order valence-corrected chi connectivity index (χ0v) is 11.6. The van der Waals surface area contributed by atoms with E-state index in [9.17, 15) is 8.42 Å². The van der Waals surface area contributed by atoms with Crippen molar-refractivity contribution in [1.29, 1.82) is 0 Å². The maximum Gasteiger partial charge on any atom is 0.240 e. The second-order valence-electron chi connectivity index (χ2n) is 4.56. The molecule has 0 amide bonds. The highest BCUT2D eigenvalue weighted by molar-refractivity contribution is 7.89. The third kappa shape index (κ3) is 2.13. The molecular formula is C14H17NO2S. The maximum atomic E-state index is 12.0. The molecule has 2 aromatic carbocycles. The van der Waals surface area contributed by atoms with Crippen LogP contribution >= 0.6 is 0 Å². The van der Waals surface area contributed by atoms with Crippen LogP contribution in [0.3, 0.4) is 0 Å². The van der Waals surface area contributed by atoms with Crippen LogP contribution in [0.4, 0.5) is 0 Å². The van der Waals surface area contributed by atoms with E-state index >= 15 is 0 Å². The van der Waals surface area contributed by atoms with E-state index in [-0.39, 0.29) is 0 Å². The van der Waals surface area contributed by atoms with Crippen LogP contribution in [0.2, 0.25) is 0 Å². The lowest BCUT2D eigenvalue weighted by atomic mass is 9.96. The van der Waals surface area contributed by atoms with E-state index < -0.39 is 10.0 Å². The van der Waals surface area contributed by atoms with Gasteiger partial charge in [-0.05, 0) is 30.0 Å². The predicted molar refractivity (Wildman–Crippen MR) is 74.3 cm³/mol. The molecule has 2 aromatic rings. The van der Waals surface area contributed by atoms with Gasteiger partial charge in [-0.25, -0.2) is 13.1 Å². The molecular weight excluding hydrogens is 246 g/mol. The zero-order chi connectivity index (χ0) is 13.3. The molecule has 0 spiro atoms. The molecule has 0 bridgehead atoms. The minimum absolute atomic E-state index is 0.338. The van der Waals surface area contributed by atoms with Gasteiger partial charge < -0.3 is 0 Å². The van der Waals surface area contributed by atoms with E-state index in [2.05, 4.69) is 18.6 Å². The van der Waals surface area contributed by atoms with Gasteiger partial charge in [0.1, 0.15) is 0 Å². The van der Waals surface area contributed by atoms with Gasteiger partial charge >= 0.3 is 0 Å². The van der Waals surface area contributed by atoms with Crippen LogP contribution in [0.1, 0.15) is 25.3 Å². The van der Waals surface area contributed by atoms with Gasteiger partial charge in [-0.15, -0.1) is 0 Å². The Labute approximate surface area is 108 Å². The number of sulfonamides is 1. The highest BCUT2D eigenvalue weighted by atomic mass is 32.2. The van der Waals surface area contributed by atoms with Gasteiger partial charge in [-0.2, -0.15) is 0 Å². The van der Waals surface area contributed by atoms with Crippen LogP contribution in [0.15, 0.2) is 41.3 Å². The second kappa shape index (κ2) is 4.71. The lowest BCUT2D eigenvalue weighted by molar-refractivity contribution is 0.589. The summed E-state index contributed by atoms with van der Waals surface area (Å²) in [6.07, 6.45) is 0. The standard InChI is InChI=1S/C14H17NO2S/c1-10(2)11-6-4-8-13-12(11)7-5-9-14(13)18(16,17)15-3/h4-10,15H,1-3H3. The summed E-state index contributed by atoms with van der Waals surface area (Å²) in [6, 6.07) is 11.2. The molecule has 0 saturated carbocycles. The van der Waals surface area contributed by atoms with Gasteiger partial charge in [-0.1, -0.05) is 44.2 Å². The minimum atomic E-state index is -3.42. The summed E-state index contributed by atoms with van der Waals surface area (Å²) in [5, 5.41) is 1.78. The second-order valence-corrected chi connectivity index (χ2v) is 6.42. The van der Waals surface area contributed by atoms with E-state index in [0.717, 1.165) is 10.8 Å². The summed E-state index contributed by atoms with van der Waals surface area (Å²) in [7, 11) is -1.99. The average Bonchev–Trinajstić information content (AvgIpc) is 2.37. The summed E-state index contributed by atoms with van der Waals surface area (Å²) in [5.74, 6) is 0.362. The Morgan fingerprint density at radius 3 is 2.22 bits per heavy atom. The molecule has 0 saturated heterocycles. The molecule has 0 heterocycles. The van der Waals surface area contributed by atoms with Crippen molar-refractivity contribution in [2.75, 3.05) is 7.05 Å². The molecule has 0 aliphatic heterocycles. The number of nitrogens with one attached hydrogen (secondary N) is 1. The van der Waals surface area contributed by atoms with Crippen molar-refractivity contribution in [2.24, 2.45) is 0 Å². The summed E-state index contributed by atoms with van der Waals surface area (Å²) in [5.41, 5.74) is 1.17. The first-order valence-corrected chi connectivity index (χ1v) is 7.41. The molecule has 0 aromatic heterocycles. The Morgan fingerprint density at radius 2 is 1.61 bits per heavy atom. The largest absolute Gasteiger partial charge is 0.240 e. The van der Waals surface area contributed by atoms with Crippen molar-refractivity contribution in [3.8, 4) is 0 Å². The SMILES string of the molecule is CNS(=O)(=O)c1cccc2c(C(C)C)cccc12. The fraction of sp³-hybridized carbons (Fsp3) is 0.286. The predicted octanol–water partition coefficient (Wildman–Crippen LogP) is 2.87. The number of rotatable bonds is 3. The van der Waals surface area contributed by atoms with Gasteiger partial charge in [0.05, 0.1) is 4.90 Å². The van der Waals surface area contributed by atoms with Crippen LogP contribution in [0.5, 0.6) is 0 Å². The molecule has 0 aliphatic carbocycles. The summed E-state index contributed by atoms with van der Waals surface area (Å²) in [6.45, 7) is 4.21. The monoisotopic (exact) mass is 263 g/mol. The van der Waals surface area contributed by atoms with E-state index in [1.807, 2.05) is 24.3 Å². The van der Waals surface area contributed by atoms with Gasteiger partial charge in [0.2, 0.25) is 10.0 Å². The number of hydrogen-bond donors (Lipinski definition) is 1. The van der Waals surface area contributed by atoms with E-state index in [4.69, 9.17) is 0 Å². The average molecular weight is 263 g/mol. The van der Waals surface area contributed by atoms with Crippen molar-refractivity contribution in [1.82, 2.24) is 4.72 Å². The van der Waals surface area contributed by atoms with Crippen LogP contribution < -0.4 is 4.72 Å². The van der Waals surface area contributed by atoms with Gasteiger partial charge in [-0.3, -0.25) is 0 Å². The maximum absolute atomic E-state index is 12.0. The lowest BCUT2D eigenvalue weighted by Crippen LogP contribution is -2.18.